The molecule has 7 heteroatoms. The van der Waals surface area contributed by atoms with Crippen LogP contribution in [0.15, 0.2) is 36.4 Å². The summed E-state index contributed by atoms with van der Waals surface area (Å²) in [7, 11) is -3.17. The van der Waals surface area contributed by atoms with Crippen LogP contribution in [0.4, 0.5) is 5.82 Å². The molecule has 2 aromatic rings. The van der Waals surface area contributed by atoms with Gasteiger partial charge in [-0.05, 0) is 6.92 Å². The van der Waals surface area contributed by atoms with Crippen LogP contribution >= 0.6 is 0 Å². The van der Waals surface area contributed by atoms with Crippen molar-refractivity contribution < 1.29 is 13.2 Å². The molecular weight excluding hydrogens is 338 g/mol. The summed E-state index contributed by atoms with van der Waals surface area (Å²) in [4.78, 5) is 11.4. The van der Waals surface area contributed by atoms with Gasteiger partial charge in [0.25, 0.3) is 0 Å². The first-order valence-electron chi connectivity index (χ1n) is 8.46. The van der Waals surface area contributed by atoms with Crippen LogP contribution in [0.5, 0.6) is 0 Å². The van der Waals surface area contributed by atoms with Crippen LogP contribution in [-0.4, -0.2) is 49.9 Å². The summed E-state index contributed by atoms with van der Waals surface area (Å²) in [6.45, 7) is 5.72. The van der Waals surface area contributed by atoms with E-state index in [1.54, 1.807) is 13.0 Å². The van der Waals surface area contributed by atoms with Crippen LogP contribution in [0.3, 0.4) is 0 Å². The summed E-state index contributed by atoms with van der Waals surface area (Å²) in [5.74, 6) is 1.34. The summed E-state index contributed by atoms with van der Waals surface area (Å²) in [5.41, 5.74) is 1.41. The molecule has 1 aliphatic rings. The lowest BCUT2D eigenvalue weighted by atomic mass is 10.2. The molecule has 0 unspecified atom stereocenters. The minimum absolute atomic E-state index is 0.0719. The molecule has 1 aliphatic heterocycles. The van der Waals surface area contributed by atoms with Crippen molar-refractivity contribution in [3.05, 3.63) is 42.1 Å². The van der Waals surface area contributed by atoms with E-state index < -0.39 is 9.84 Å². The van der Waals surface area contributed by atoms with E-state index in [9.17, 15) is 8.42 Å². The average molecular weight is 361 g/mol. The number of rotatable bonds is 5. The van der Waals surface area contributed by atoms with E-state index in [0.29, 0.717) is 24.7 Å². The van der Waals surface area contributed by atoms with Crippen LogP contribution < -0.4 is 4.90 Å². The highest BCUT2D eigenvalue weighted by Gasteiger charge is 2.22. The topological polar surface area (TPSA) is 72.4 Å². The standard InChI is InChI=1S/C18H23N3O3S/c1-3-25(22,23)13-16-11-17(21-9-10-24-12-14(21)2)20-18(19-16)15-7-5-4-6-8-15/h4-8,11,14H,3,9-10,12-13H2,1-2H3/t14-/m0/s1. The number of hydrogen-bond donors (Lipinski definition) is 0. The van der Waals surface area contributed by atoms with Crippen molar-refractivity contribution in [2.45, 2.75) is 25.6 Å². The van der Waals surface area contributed by atoms with E-state index >= 15 is 0 Å². The van der Waals surface area contributed by atoms with Gasteiger partial charge in [0, 0.05) is 23.9 Å². The number of nitrogens with zero attached hydrogens (tertiary/aromatic N) is 3. The fourth-order valence-electron chi connectivity index (χ4n) is 2.82. The maximum atomic E-state index is 12.1. The molecule has 1 saturated heterocycles. The predicted molar refractivity (Wildman–Crippen MR) is 98.3 cm³/mol. The molecule has 0 saturated carbocycles. The molecule has 0 N–H and O–H groups in total. The highest BCUT2D eigenvalue weighted by atomic mass is 32.2. The number of aromatic nitrogens is 2. The minimum atomic E-state index is -3.17. The van der Waals surface area contributed by atoms with Crippen LogP contribution in [0.25, 0.3) is 11.4 Å². The van der Waals surface area contributed by atoms with Gasteiger partial charge < -0.3 is 9.64 Å². The summed E-state index contributed by atoms with van der Waals surface area (Å²) in [6, 6.07) is 11.6. The molecule has 1 fully saturated rings. The Kier molecular flexibility index (Phi) is 5.34. The normalized spacial score (nSPS) is 18.3. The first-order chi connectivity index (χ1) is 12.0. The molecule has 0 spiro atoms. The van der Waals surface area contributed by atoms with Gasteiger partial charge in [-0.25, -0.2) is 18.4 Å². The van der Waals surface area contributed by atoms with Gasteiger partial charge >= 0.3 is 0 Å². The van der Waals surface area contributed by atoms with Crippen molar-refractivity contribution in [1.82, 2.24) is 9.97 Å². The van der Waals surface area contributed by atoms with Gasteiger partial charge in [0.15, 0.2) is 15.7 Å². The van der Waals surface area contributed by atoms with Gasteiger partial charge in [-0.1, -0.05) is 37.3 Å². The minimum Gasteiger partial charge on any atom is -0.377 e. The largest absolute Gasteiger partial charge is 0.377 e. The fraction of sp³-hybridized carbons (Fsp3) is 0.444. The zero-order valence-electron chi connectivity index (χ0n) is 14.6. The monoisotopic (exact) mass is 361 g/mol. The second kappa shape index (κ2) is 7.49. The molecule has 2 heterocycles. The van der Waals surface area contributed by atoms with Gasteiger partial charge in [-0.2, -0.15) is 0 Å². The number of benzene rings is 1. The molecule has 0 radical (unpaired) electrons. The van der Waals surface area contributed by atoms with Crippen molar-refractivity contribution in [3.8, 4) is 11.4 Å². The van der Waals surface area contributed by atoms with E-state index in [2.05, 4.69) is 16.8 Å². The smallest absolute Gasteiger partial charge is 0.161 e. The first-order valence-corrected chi connectivity index (χ1v) is 10.3. The van der Waals surface area contributed by atoms with E-state index in [1.807, 2.05) is 30.3 Å². The average Bonchev–Trinajstić information content (AvgIpc) is 2.62. The number of sulfone groups is 1. The molecule has 1 aromatic carbocycles. The third-order valence-electron chi connectivity index (χ3n) is 4.27. The first kappa shape index (κ1) is 17.8. The van der Waals surface area contributed by atoms with Crippen molar-refractivity contribution in [2.75, 3.05) is 30.4 Å². The molecule has 134 valence electrons. The van der Waals surface area contributed by atoms with Crippen LogP contribution in [0.2, 0.25) is 0 Å². The number of anilines is 1. The number of hydrogen-bond acceptors (Lipinski definition) is 6. The lowest BCUT2D eigenvalue weighted by Crippen LogP contribution is -2.44. The molecule has 0 amide bonds. The molecule has 1 aromatic heterocycles. The Hall–Kier alpha value is -1.99. The Morgan fingerprint density at radius 1 is 1.24 bits per heavy atom. The van der Waals surface area contributed by atoms with E-state index in [-0.39, 0.29) is 17.5 Å². The van der Waals surface area contributed by atoms with E-state index in [0.717, 1.165) is 17.9 Å². The lowest BCUT2D eigenvalue weighted by Gasteiger charge is -2.34. The third-order valence-corrected chi connectivity index (χ3v) is 5.88. The lowest BCUT2D eigenvalue weighted by molar-refractivity contribution is 0.0985. The van der Waals surface area contributed by atoms with Crippen LogP contribution in [0, 0.1) is 0 Å². The van der Waals surface area contributed by atoms with Gasteiger partial charge in [-0.3, -0.25) is 0 Å². The summed E-state index contributed by atoms with van der Waals surface area (Å²) >= 11 is 0. The van der Waals surface area contributed by atoms with E-state index in [4.69, 9.17) is 9.72 Å². The van der Waals surface area contributed by atoms with Crippen LogP contribution in [-0.2, 0) is 20.3 Å². The molecule has 1 atom stereocenters. The Morgan fingerprint density at radius 3 is 2.68 bits per heavy atom. The fourth-order valence-corrected chi connectivity index (χ4v) is 3.62. The van der Waals surface area contributed by atoms with Crippen molar-refractivity contribution in [3.63, 3.8) is 0 Å². The highest BCUT2D eigenvalue weighted by Crippen LogP contribution is 2.24. The summed E-state index contributed by atoms with van der Waals surface area (Å²) in [6.07, 6.45) is 0. The number of morpholine rings is 1. The summed E-state index contributed by atoms with van der Waals surface area (Å²) < 4.78 is 29.6. The second-order valence-electron chi connectivity index (χ2n) is 6.20. The SMILES string of the molecule is CCS(=O)(=O)Cc1cc(N2CCOC[C@@H]2C)nc(-c2ccccc2)n1. The Morgan fingerprint density at radius 2 is 2.00 bits per heavy atom. The maximum Gasteiger partial charge on any atom is 0.161 e. The quantitative estimate of drug-likeness (QED) is 0.814. The Bertz CT molecular complexity index is 825. The van der Waals surface area contributed by atoms with Crippen molar-refractivity contribution >= 4 is 15.7 Å². The zero-order valence-corrected chi connectivity index (χ0v) is 15.4. The second-order valence-corrected chi connectivity index (χ2v) is 8.55. The zero-order chi connectivity index (χ0) is 17.9. The molecule has 0 bridgehead atoms. The van der Waals surface area contributed by atoms with Crippen LogP contribution in [0.1, 0.15) is 19.5 Å². The Labute approximate surface area is 148 Å². The summed E-state index contributed by atoms with van der Waals surface area (Å²) in [5, 5.41) is 0. The van der Waals surface area contributed by atoms with Gasteiger partial charge in [-0.15, -0.1) is 0 Å². The maximum absolute atomic E-state index is 12.1. The highest BCUT2D eigenvalue weighted by molar-refractivity contribution is 7.90. The van der Waals surface area contributed by atoms with Gasteiger partial charge in [0.2, 0.25) is 0 Å². The Balaban J connectivity index is 2.04. The predicted octanol–water partition coefficient (Wildman–Crippen LogP) is 2.30. The third kappa shape index (κ3) is 4.35. The van der Waals surface area contributed by atoms with Gasteiger partial charge in [0.1, 0.15) is 5.82 Å². The molecule has 6 nitrogen and oxygen atoms in total. The van der Waals surface area contributed by atoms with Crippen molar-refractivity contribution in [1.29, 1.82) is 0 Å². The molecule has 3 rings (SSSR count). The van der Waals surface area contributed by atoms with Gasteiger partial charge in [0.05, 0.1) is 30.7 Å². The number of ether oxygens (including phenoxy) is 1. The molecule has 25 heavy (non-hydrogen) atoms. The van der Waals surface area contributed by atoms with Crippen molar-refractivity contribution in [2.24, 2.45) is 0 Å². The van der Waals surface area contributed by atoms with E-state index in [1.165, 1.54) is 0 Å². The molecular formula is C18H23N3O3S. The molecule has 0 aliphatic carbocycles.